The molecule has 1 aromatic rings. The lowest BCUT2D eigenvalue weighted by molar-refractivity contribution is -0.139. The van der Waals surface area contributed by atoms with Crippen LogP contribution in [0.15, 0.2) is 23.0 Å². The van der Waals surface area contributed by atoms with Gasteiger partial charge in [0.15, 0.2) is 0 Å². The molecule has 14 heavy (non-hydrogen) atoms. The van der Waals surface area contributed by atoms with Gasteiger partial charge in [-0.25, -0.2) is 4.79 Å². The molecule has 0 fully saturated rings. The third-order valence-electron chi connectivity index (χ3n) is 1.80. The number of carboxylic acids is 1. The molecule has 1 heterocycles. The molecule has 2 N–H and O–H groups in total. The molecular formula is C9H11NO4. The highest BCUT2D eigenvalue weighted by Gasteiger charge is 2.18. The first-order valence-electron chi connectivity index (χ1n) is 4.21. The van der Waals surface area contributed by atoms with E-state index in [9.17, 15) is 9.59 Å². The standard InChI is InChI=1S/C9H11NO4/c1-2-7(9(12)13)10-8(11)6-3-4-14-5-6/h3-5,7H,2H2,1H3,(H,10,11)(H,12,13)/t7-/m1/s1. The van der Waals surface area contributed by atoms with Crippen molar-refractivity contribution in [1.29, 1.82) is 0 Å². The molecule has 1 atom stereocenters. The summed E-state index contributed by atoms with van der Waals surface area (Å²) in [6.07, 6.45) is 2.97. The van der Waals surface area contributed by atoms with E-state index in [0.29, 0.717) is 12.0 Å². The van der Waals surface area contributed by atoms with Crippen LogP contribution in [0.3, 0.4) is 0 Å². The van der Waals surface area contributed by atoms with Crippen LogP contribution in [0.2, 0.25) is 0 Å². The molecule has 0 aliphatic rings. The third-order valence-corrected chi connectivity index (χ3v) is 1.80. The van der Waals surface area contributed by atoms with Gasteiger partial charge in [-0.3, -0.25) is 4.79 Å². The Morgan fingerprint density at radius 3 is 2.79 bits per heavy atom. The highest BCUT2D eigenvalue weighted by atomic mass is 16.4. The fraction of sp³-hybridized carbons (Fsp3) is 0.333. The SMILES string of the molecule is CC[C@@H](NC(=O)c1ccoc1)C(=O)O. The Bertz CT molecular complexity index is 318. The molecule has 0 bridgehead atoms. The van der Waals surface area contributed by atoms with E-state index in [1.165, 1.54) is 18.6 Å². The quantitative estimate of drug-likeness (QED) is 0.750. The van der Waals surface area contributed by atoms with Gasteiger partial charge in [0.1, 0.15) is 12.3 Å². The first-order chi connectivity index (χ1) is 6.65. The fourth-order valence-electron chi connectivity index (χ4n) is 0.974. The zero-order valence-electron chi connectivity index (χ0n) is 7.69. The lowest BCUT2D eigenvalue weighted by Crippen LogP contribution is -2.40. The van der Waals surface area contributed by atoms with Gasteiger partial charge in [0.2, 0.25) is 0 Å². The minimum Gasteiger partial charge on any atom is -0.480 e. The molecule has 0 aromatic carbocycles. The van der Waals surface area contributed by atoms with Gasteiger partial charge in [-0.2, -0.15) is 0 Å². The summed E-state index contributed by atoms with van der Waals surface area (Å²) in [5.41, 5.74) is 0.324. The molecule has 0 aliphatic heterocycles. The van der Waals surface area contributed by atoms with Gasteiger partial charge in [-0.1, -0.05) is 6.92 Å². The third kappa shape index (κ3) is 2.35. The first kappa shape index (κ1) is 10.3. The Balaban J connectivity index is 2.60. The Labute approximate surface area is 80.7 Å². The van der Waals surface area contributed by atoms with E-state index in [-0.39, 0.29) is 0 Å². The van der Waals surface area contributed by atoms with Crippen molar-refractivity contribution in [2.24, 2.45) is 0 Å². The molecule has 0 radical (unpaired) electrons. The molecule has 5 heteroatoms. The Morgan fingerprint density at radius 2 is 2.36 bits per heavy atom. The Hall–Kier alpha value is -1.78. The van der Waals surface area contributed by atoms with E-state index in [1.54, 1.807) is 6.92 Å². The van der Waals surface area contributed by atoms with Crippen LogP contribution < -0.4 is 5.32 Å². The van der Waals surface area contributed by atoms with Crippen molar-refractivity contribution in [3.63, 3.8) is 0 Å². The van der Waals surface area contributed by atoms with Crippen molar-refractivity contribution in [3.05, 3.63) is 24.2 Å². The summed E-state index contributed by atoms with van der Waals surface area (Å²) in [4.78, 5) is 21.9. The van der Waals surface area contributed by atoms with Crippen LogP contribution in [0.1, 0.15) is 23.7 Å². The van der Waals surface area contributed by atoms with Crippen molar-refractivity contribution in [2.75, 3.05) is 0 Å². The number of nitrogens with one attached hydrogen (secondary N) is 1. The molecule has 1 amide bonds. The maximum Gasteiger partial charge on any atom is 0.326 e. The fourth-order valence-corrected chi connectivity index (χ4v) is 0.974. The molecule has 0 aliphatic carbocycles. The highest BCUT2D eigenvalue weighted by molar-refractivity contribution is 5.96. The summed E-state index contributed by atoms with van der Waals surface area (Å²) < 4.78 is 4.70. The predicted molar refractivity (Wildman–Crippen MR) is 47.9 cm³/mol. The molecule has 0 spiro atoms. The van der Waals surface area contributed by atoms with E-state index in [4.69, 9.17) is 9.52 Å². The van der Waals surface area contributed by atoms with Crippen LogP contribution in [-0.2, 0) is 4.79 Å². The number of hydrogen-bond acceptors (Lipinski definition) is 3. The van der Waals surface area contributed by atoms with Crippen molar-refractivity contribution in [2.45, 2.75) is 19.4 Å². The summed E-state index contributed by atoms with van der Waals surface area (Å²) >= 11 is 0. The number of hydrogen-bond donors (Lipinski definition) is 2. The van der Waals surface area contributed by atoms with Gasteiger partial charge >= 0.3 is 5.97 Å². The van der Waals surface area contributed by atoms with E-state index in [0.717, 1.165) is 0 Å². The lowest BCUT2D eigenvalue weighted by Gasteiger charge is -2.10. The van der Waals surface area contributed by atoms with Gasteiger partial charge < -0.3 is 14.8 Å². The minimum absolute atomic E-state index is 0.324. The van der Waals surface area contributed by atoms with Crippen molar-refractivity contribution in [3.8, 4) is 0 Å². The van der Waals surface area contributed by atoms with Crippen LogP contribution in [0, 0.1) is 0 Å². The number of aliphatic carboxylic acids is 1. The Kier molecular flexibility index (Phi) is 3.28. The average Bonchev–Trinajstić information content (AvgIpc) is 2.65. The number of carbonyl (C=O) groups excluding carboxylic acids is 1. The predicted octanol–water partition coefficient (Wildman–Crippen LogP) is 0.873. The van der Waals surface area contributed by atoms with Crippen molar-refractivity contribution < 1.29 is 19.1 Å². The molecular weight excluding hydrogens is 186 g/mol. The minimum atomic E-state index is -1.04. The van der Waals surface area contributed by atoms with Crippen LogP contribution in [0.4, 0.5) is 0 Å². The number of carboxylic acid groups (broad SMARTS) is 1. The maximum absolute atomic E-state index is 11.3. The molecule has 0 saturated heterocycles. The molecule has 1 aromatic heterocycles. The average molecular weight is 197 g/mol. The smallest absolute Gasteiger partial charge is 0.326 e. The van der Waals surface area contributed by atoms with Gasteiger partial charge in [-0.15, -0.1) is 0 Å². The molecule has 76 valence electrons. The zero-order chi connectivity index (χ0) is 10.6. The molecule has 5 nitrogen and oxygen atoms in total. The van der Waals surface area contributed by atoms with Crippen LogP contribution >= 0.6 is 0 Å². The maximum atomic E-state index is 11.3. The molecule has 1 rings (SSSR count). The van der Waals surface area contributed by atoms with E-state index in [1.807, 2.05) is 0 Å². The number of amides is 1. The van der Waals surface area contributed by atoms with E-state index >= 15 is 0 Å². The van der Waals surface area contributed by atoms with Gasteiger partial charge in [0.25, 0.3) is 5.91 Å². The topological polar surface area (TPSA) is 79.5 Å². The van der Waals surface area contributed by atoms with Gasteiger partial charge in [0.05, 0.1) is 11.8 Å². The van der Waals surface area contributed by atoms with Crippen LogP contribution in [-0.4, -0.2) is 23.0 Å². The van der Waals surface area contributed by atoms with Gasteiger partial charge in [0, 0.05) is 0 Å². The first-order valence-corrected chi connectivity index (χ1v) is 4.21. The van der Waals surface area contributed by atoms with Crippen molar-refractivity contribution >= 4 is 11.9 Å². The summed E-state index contributed by atoms with van der Waals surface area (Å²) in [6.45, 7) is 1.69. The summed E-state index contributed by atoms with van der Waals surface area (Å²) in [5, 5.41) is 11.1. The monoisotopic (exact) mass is 197 g/mol. The van der Waals surface area contributed by atoms with Gasteiger partial charge in [-0.05, 0) is 12.5 Å². The number of rotatable bonds is 4. The highest BCUT2D eigenvalue weighted by Crippen LogP contribution is 2.01. The van der Waals surface area contributed by atoms with E-state index in [2.05, 4.69) is 5.32 Å². The zero-order valence-corrected chi connectivity index (χ0v) is 7.69. The summed E-state index contributed by atoms with van der Waals surface area (Å²) in [5.74, 6) is -1.47. The Morgan fingerprint density at radius 1 is 1.64 bits per heavy atom. The van der Waals surface area contributed by atoms with E-state index < -0.39 is 17.9 Å². The number of carbonyl (C=O) groups is 2. The summed E-state index contributed by atoms with van der Waals surface area (Å²) in [6, 6.07) is 0.626. The second-order valence-corrected chi connectivity index (χ2v) is 2.78. The van der Waals surface area contributed by atoms with Crippen LogP contribution in [0.25, 0.3) is 0 Å². The largest absolute Gasteiger partial charge is 0.480 e. The molecule has 0 unspecified atom stereocenters. The second-order valence-electron chi connectivity index (χ2n) is 2.78. The van der Waals surface area contributed by atoms with Crippen LogP contribution in [0.5, 0.6) is 0 Å². The lowest BCUT2D eigenvalue weighted by atomic mass is 10.2. The normalized spacial score (nSPS) is 12.1. The number of furan rings is 1. The molecule has 0 saturated carbocycles. The summed E-state index contributed by atoms with van der Waals surface area (Å²) in [7, 11) is 0. The van der Waals surface area contributed by atoms with Crippen molar-refractivity contribution in [1.82, 2.24) is 5.32 Å². The second kappa shape index (κ2) is 4.45.